The topological polar surface area (TPSA) is 168 Å². The fraction of sp³-hybridized carbons (Fsp3) is 0.750. The van der Waals surface area contributed by atoms with Crippen molar-refractivity contribution in [3.05, 3.63) is 0 Å². The predicted octanol–water partition coefficient (Wildman–Crippen LogP) is -2.62. The van der Waals surface area contributed by atoms with Crippen LogP contribution in [0.4, 0.5) is 0 Å². The van der Waals surface area contributed by atoms with Gasteiger partial charge in [0.2, 0.25) is 0 Å². The molecule has 0 radical (unpaired) electrons. The van der Waals surface area contributed by atoms with Gasteiger partial charge in [0.1, 0.15) is 12.1 Å². The number of carboxylic acids is 3. The molecule has 6 N–H and O–H groups in total. The van der Waals surface area contributed by atoms with Crippen LogP contribution in [0.3, 0.4) is 0 Å². The van der Waals surface area contributed by atoms with Crippen molar-refractivity contribution in [1.82, 2.24) is 10.2 Å². The zero-order valence-electron chi connectivity index (χ0n) is 11.8. The number of hydrogen-bond acceptors (Lipinski definition) is 7. The molecule has 4 atom stereocenters. The van der Waals surface area contributed by atoms with E-state index < -0.39 is 42.2 Å². The van der Waals surface area contributed by atoms with E-state index in [-0.39, 0.29) is 19.5 Å². The number of nitrogens with one attached hydrogen (secondary N) is 1. The van der Waals surface area contributed by atoms with Crippen LogP contribution in [0.1, 0.15) is 12.8 Å². The summed E-state index contributed by atoms with van der Waals surface area (Å²) in [5.41, 5.74) is 0. The molecule has 1 saturated heterocycles. The summed E-state index contributed by atoms with van der Waals surface area (Å²) in [4.78, 5) is 33.9. The molecule has 0 saturated carbocycles. The molecule has 0 amide bonds. The quantitative estimate of drug-likeness (QED) is 0.251. The van der Waals surface area contributed by atoms with Crippen LogP contribution in [0, 0.1) is 0 Å². The molecule has 1 heterocycles. The van der Waals surface area contributed by atoms with Crippen molar-refractivity contribution in [3.63, 3.8) is 0 Å². The van der Waals surface area contributed by atoms with Crippen LogP contribution >= 0.6 is 0 Å². The zero-order chi connectivity index (χ0) is 16.9. The Morgan fingerprint density at radius 3 is 2.18 bits per heavy atom. The number of carbonyl (C=O) groups is 3. The molecule has 10 heteroatoms. The van der Waals surface area contributed by atoms with Gasteiger partial charge in [-0.2, -0.15) is 0 Å². The van der Waals surface area contributed by atoms with E-state index in [1.54, 1.807) is 0 Å². The minimum absolute atomic E-state index is 0.121. The zero-order valence-corrected chi connectivity index (χ0v) is 11.8. The van der Waals surface area contributed by atoms with Crippen molar-refractivity contribution < 1.29 is 39.9 Å². The smallest absolute Gasteiger partial charge is 0.332 e. The lowest BCUT2D eigenvalue weighted by Gasteiger charge is -2.39. The highest BCUT2D eigenvalue weighted by atomic mass is 16.4. The lowest BCUT2D eigenvalue weighted by molar-refractivity contribution is -0.150. The number of carboxylic acid groups (broad SMARTS) is 3. The third-order valence-corrected chi connectivity index (χ3v) is 3.56. The third-order valence-electron chi connectivity index (χ3n) is 3.56. The number of hydrogen-bond donors (Lipinski definition) is 6. The van der Waals surface area contributed by atoms with Crippen molar-refractivity contribution in [3.8, 4) is 0 Å². The number of aliphatic carboxylic acids is 3. The Kier molecular flexibility index (Phi) is 6.68. The highest BCUT2D eigenvalue weighted by Crippen LogP contribution is 2.18. The maximum absolute atomic E-state index is 11.1. The Bertz CT molecular complexity index is 429. The first kappa shape index (κ1) is 18.3. The normalized spacial score (nSPS) is 22.4. The summed E-state index contributed by atoms with van der Waals surface area (Å²) >= 11 is 0. The molecule has 0 aromatic carbocycles. The molecule has 0 aromatic heterocycles. The summed E-state index contributed by atoms with van der Waals surface area (Å²) in [7, 11) is 0. The largest absolute Gasteiger partial charge is 0.480 e. The van der Waals surface area contributed by atoms with Crippen LogP contribution in [0.2, 0.25) is 0 Å². The number of aliphatic hydroxyl groups is 2. The van der Waals surface area contributed by atoms with Crippen molar-refractivity contribution in [2.24, 2.45) is 0 Å². The molecular weight excluding hydrogens is 300 g/mol. The average Bonchev–Trinajstić information content (AvgIpc) is 2.37. The number of rotatable bonds is 10. The van der Waals surface area contributed by atoms with E-state index in [2.05, 4.69) is 5.32 Å². The van der Waals surface area contributed by atoms with Gasteiger partial charge in [0, 0.05) is 13.1 Å². The number of nitrogens with zero attached hydrogens (tertiary/aromatic N) is 1. The van der Waals surface area contributed by atoms with E-state index >= 15 is 0 Å². The van der Waals surface area contributed by atoms with Crippen molar-refractivity contribution in [2.45, 2.75) is 37.1 Å². The van der Waals surface area contributed by atoms with Gasteiger partial charge in [-0.05, 0) is 19.4 Å². The van der Waals surface area contributed by atoms with E-state index in [0.29, 0.717) is 13.0 Å². The van der Waals surface area contributed by atoms with Gasteiger partial charge in [-0.15, -0.1) is 0 Å². The lowest BCUT2D eigenvalue weighted by atomic mass is 10.0. The second-order valence-corrected chi connectivity index (χ2v) is 5.12. The molecule has 22 heavy (non-hydrogen) atoms. The Hall–Kier alpha value is -1.75. The van der Waals surface area contributed by atoms with Crippen LogP contribution in [0.15, 0.2) is 0 Å². The fourth-order valence-corrected chi connectivity index (χ4v) is 2.17. The minimum Gasteiger partial charge on any atom is -0.480 e. The number of likely N-dealkylation sites (tertiary alicyclic amines) is 1. The van der Waals surface area contributed by atoms with E-state index in [4.69, 9.17) is 20.4 Å². The van der Waals surface area contributed by atoms with E-state index in [1.165, 1.54) is 4.90 Å². The molecule has 1 aliphatic heterocycles. The summed E-state index contributed by atoms with van der Waals surface area (Å²) in [5, 5.41) is 47.9. The SMILES string of the molecule is O=C(O)C(O)CCNC(C(=O)O)C(O)CN1CCC1C(=O)O. The highest BCUT2D eigenvalue weighted by Gasteiger charge is 2.37. The summed E-state index contributed by atoms with van der Waals surface area (Å²) in [5.74, 6) is -3.79. The van der Waals surface area contributed by atoms with E-state index in [9.17, 15) is 19.5 Å². The molecule has 0 aromatic rings. The Morgan fingerprint density at radius 2 is 1.77 bits per heavy atom. The highest BCUT2D eigenvalue weighted by molar-refractivity contribution is 5.75. The van der Waals surface area contributed by atoms with Gasteiger partial charge in [0.25, 0.3) is 0 Å². The molecule has 1 rings (SSSR count). The summed E-state index contributed by atoms with van der Waals surface area (Å²) in [6.45, 7) is 0.213. The first-order valence-corrected chi connectivity index (χ1v) is 6.76. The first-order chi connectivity index (χ1) is 10.2. The van der Waals surface area contributed by atoms with Crippen molar-refractivity contribution >= 4 is 17.9 Å². The summed E-state index contributed by atoms with van der Waals surface area (Å²) < 4.78 is 0. The van der Waals surface area contributed by atoms with Gasteiger partial charge in [-0.3, -0.25) is 14.5 Å². The second kappa shape index (κ2) is 8.03. The molecule has 126 valence electrons. The molecule has 10 nitrogen and oxygen atoms in total. The van der Waals surface area contributed by atoms with E-state index in [1.807, 2.05) is 0 Å². The molecule has 0 spiro atoms. The average molecular weight is 320 g/mol. The molecular formula is C12H20N2O8. The minimum atomic E-state index is -1.62. The van der Waals surface area contributed by atoms with Gasteiger partial charge in [0.05, 0.1) is 6.10 Å². The van der Waals surface area contributed by atoms with Gasteiger partial charge in [0.15, 0.2) is 6.10 Å². The lowest BCUT2D eigenvalue weighted by Crippen LogP contribution is -2.58. The molecule has 4 unspecified atom stereocenters. The third kappa shape index (κ3) is 4.91. The Morgan fingerprint density at radius 1 is 1.14 bits per heavy atom. The van der Waals surface area contributed by atoms with Crippen LogP contribution in [-0.4, -0.2) is 92.3 Å². The number of β-amino-alcohol motifs (C(OH)–C–C–N with tert-alkyl or cyclic N) is 1. The standard InChI is InChI=1S/C12H20N2O8/c15-7(11(19)20)1-3-13-9(12(21)22)8(16)5-14-4-2-6(14)10(17)18/h6-9,13,15-16H,1-5H2,(H,17,18)(H,19,20)(H,21,22). The first-order valence-electron chi connectivity index (χ1n) is 6.76. The maximum atomic E-state index is 11.1. The second-order valence-electron chi connectivity index (χ2n) is 5.12. The van der Waals surface area contributed by atoms with E-state index in [0.717, 1.165) is 0 Å². The summed E-state index contributed by atoms with van der Waals surface area (Å²) in [6, 6.07) is -2.10. The predicted molar refractivity (Wildman–Crippen MR) is 71.3 cm³/mol. The van der Waals surface area contributed by atoms with Gasteiger partial charge >= 0.3 is 17.9 Å². The maximum Gasteiger partial charge on any atom is 0.332 e. The van der Waals surface area contributed by atoms with Gasteiger partial charge in [-0.25, -0.2) is 4.79 Å². The molecule has 0 bridgehead atoms. The number of aliphatic hydroxyl groups excluding tert-OH is 2. The van der Waals surface area contributed by atoms with Crippen LogP contribution in [0.5, 0.6) is 0 Å². The van der Waals surface area contributed by atoms with Crippen molar-refractivity contribution in [1.29, 1.82) is 0 Å². The molecule has 0 aliphatic carbocycles. The van der Waals surface area contributed by atoms with Crippen LogP contribution < -0.4 is 5.32 Å². The Balaban J connectivity index is 2.46. The molecule has 1 aliphatic rings. The van der Waals surface area contributed by atoms with Crippen LogP contribution in [-0.2, 0) is 14.4 Å². The Labute approximate surface area is 126 Å². The monoisotopic (exact) mass is 320 g/mol. The van der Waals surface area contributed by atoms with Crippen LogP contribution in [0.25, 0.3) is 0 Å². The van der Waals surface area contributed by atoms with Crippen molar-refractivity contribution in [2.75, 3.05) is 19.6 Å². The fourth-order valence-electron chi connectivity index (χ4n) is 2.17. The van der Waals surface area contributed by atoms with Gasteiger partial charge in [-0.1, -0.05) is 0 Å². The van der Waals surface area contributed by atoms with Gasteiger partial charge < -0.3 is 30.8 Å². The summed E-state index contributed by atoms with van der Waals surface area (Å²) in [6.07, 6.45) is -2.75. The molecule has 1 fully saturated rings.